The predicted octanol–water partition coefficient (Wildman–Crippen LogP) is 2.21. The molecule has 0 spiro atoms. The van der Waals surface area contributed by atoms with Gasteiger partial charge in [-0.05, 0) is 56.0 Å². The van der Waals surface area contributed by atoms with Gasteiger partial charge >= 0.3 is 5.97 Å². The van der Waals surface area contributed by atoms with Gasteiger partial charge in [0, 0.05) is 0 Å². The number of rotatable bonds is 3. The van der Waals surface area contributed by atoms with E-state index >= 15 is 0 Å². The summed E-state index contributed by atoms with van der Waals surface area (Å²) in [5, 5.41) is 11.9. The summed E-state index contributed by atoms with van der Waals surface area (Å²) in [6.45, 7) is 1.76. The third kappa shape index (κ3) is 2.85. The third-order valence-corrected chi connectivity index (χ3v) is 3.27. The molecule has 1 atom stereocenters. The molecule has 1 aromatic carbocycles. The monoisotopic (exact) mass is 255 g/mol. The van der Waals surface area contributed by atoms with Crippen LogP contribution in [-0.2, 0) is 6.42 Å². The van der Waals surface area contributed by atoms with Crippen LogP contribution in [0.4, 0.5) is 8.78 Å². The molecule has 5 heteroatoms. The van der Waals surface area contributed by atoms with Crippen molar-refractivity contribution in [3.63, 3.8) is 0 Å². The van der Waals surface area contributed by atoms with Gasteiger partial charge in [-0.3, -0.25) is 0 Å². The van der Waals surface area contributed by atoms with Gasteiger partial charge in [-0.1, -0.05) is 0 Å². The molecule has 1 heterocycles. The van der Waals surface area contributed by atoms with Gasteiger partial charge < -0.3 is 10.4 Å². The fraction of sp³-hybridized carbons (Fsp3) is 0.462. The summed E-state index contributed by atoms with van der Waals surface area (Å²) in [5.41, 5.74) is -0.357. The molecule has 1 aliphatic heterocycles. The van der Waals surface area contributed by atoms with Crippen LogP contribution in [-0.4, -0.2) is 24.2 Å². The SMILES string of the molecule is O=C(O)c1cc(F)c(CC2CCCNC2)cc1F. The average molecular weight is 255 g/mol. The van der Waals surface area contributed by atoms with Crippen LogP contribution < -0.4 is 5.32 Å². The summed E-state index contributed by atoms with van der Waals surface area (Å²) in [5.74, 6) is -2.68. The minimum absolute atomic E-state index is 0.256. The van der Waals surface area contributed by atoms with Gasteiger partial charge in [-0.15, -0.1) is 0 Å². The highest BCUT2D eigenvalue weighted by atomic mass is 19.1. The van der Waals surface area contributed by atoms with Crippen molar-refractivity contribution in [1.82, 2.24) is 5.32 Å². The van der Waals surface area contributed by atoms with E-state index in [1.807, 2.05) is 0 Å². The molecule has 2 rings (SSSR count). The van der Waals surface area contributed by atoms with E-state index in [2.05, 4.69) is 5.32 Å². The van der Waals surface area contributed by atoms with Crippen LogP contribution in [0.2, 0.25) is 0 Å². The number of carboxylic acids is 1. The second kappa shape index (κ2) is 5.44. The van der Waals surface area contributed by atoms with Crippen molar-refractivity contribution in [2.75, 3.05) is 13.1 Å². The number of piperidine rings is 1. The lowest BCUT2D eigenvalue weighted by molar-refractivity contribution is 0.0691. The Morgan fingerprint density at radius 2 is 2.17 bits per heavy atom. The van der Waals surface area contributed by atoms with Crippen molar-refractivity contribution < 1.29 is 18.7 Å². The summed E-state index contributed by atoms with van der Waals surface area (Å²) in [4.78, 5) is 10.7. The van der Waals surface area contributed by atoms with Crippen LogP contribution >= 0.6 is 0 Å². The highest BCUT2D eigenvalue weighted by Gasteiger charge is 2.19. The molecule has 18 heavy (non-hydrogen) atoms. The quantitative estimate of drug-likeness (QED) is 0.870. The molecular weight excluding hydrogens is 240 g/mol. The van der Waals surface area contributed by atoms with E-state index < -0.39 is 23.2 Å². The van der Waals surface area contributed by atoms with E-state index in [9.17, 15) is 13.6 Å². The topological polar surface area (TPSA) is 49.3 Å². The summed E-state index contributed by atoms with van der Waals surface area (Å²) in [6.07, 6.45) is 2.45. The minimum Gasteiger partial charge on any atom is -0.478 e. The Morgan fingerprint density at radius 3 is 2.78 bits per heavy atom. The van der Waals surface area contributed by atoms with Crippen LogP contribution in [0.1, 0.15) is 28.8 Å². The molecule has 1 aliphatic rings. The van der Waals surface area contributed by atoms with Gasteiger partial charge in [0.05, 0.1) is 5.56 Å². The Hall–Kier alpha value is -1.49. The maximum atomic E-state index is 13.7. The van der Waals surface area contributed by atoms with E-state index in [1.54, 1.807) is 0 Å². The molecule has 98 valence electrons. The highest BCUT2D eigenvalue weighted by molar-refractivity contribution is 5.88. The van der Waals surface area contributed by atoms with Gasteiger partial charge in [-0.25, -0.2) is 13.6 Å². The number of carboxylic acid groups (broad SMARTS) is 1. The Kier molecular flexibility index (Phi) is 3.91. The fourth-order valence-corrected chi connectivity index (χ4v) is 2.32. The summed E-state index contributed by atoms with van der Waals surface area (Å²) >= 11 is 0. The number of aromatic carboxylic acids is 1. The van der Waals surface area contributed by atoms with Crippen LogP contribution in [0.5, 0.6) is 0 Å². The first-order valence-corrected chi connectivity index (χ1v) is 6.00. The molecule has 0 bridgehead atoms. The van der Waals surface area contributed by atoms with Crippen molar-refractivity contribution in [2.24, 2.45) is 5.92 Å². The number of hydrogen-bond donors (Lipinski definition) is 2. The average Bonchev–Trinajstić information content (AvgIpc) is 2.34. The normalized spacial score (nSPS) is 19.8. The van der Waals surface area contributed by atoms with Gasteiger partial charge in [0.1, 0.15) is 11.6 Å². The first-order chi connectivity index (χ1) is 8.58. The van der Waals surface area contributed by atoms with Crippen molar-refractivity contribution in [3.8, 4) is 0 Å². The fourth-order valence-electron chi connectivity index (χ4n) is 2.32. The maximum Gasteiger partial charge on any atom is 0.338 e. The lowest BCUT2D eigenvalue weighted by Crippen LogP contribution is -2.31. The van der Waals surface area contributed by atoms with Crippen molar-refractivity contribution in [1.29, 1.82) is 0 Å². The van der Waals surface area contributed by atoms with Crippen LogP contribution in [0, 0.1) is 17.6 Å². The Balaban J connectivity index is 2.18. The minimum atomic E-state index is -1.45. The Bertz CT molecular complexity index is 457. The first-order valence-electron chi connectivity index (χ1n) is 6.00. The number of benzene rings is 1. The van der Waals surface area contributed by atoms with Crippen LogP contribution in [0.25, 0.3) is 0 Å². The number of halogens is 2. The molecule has 3 nitrogen and oxygen atoms in total. The summed E-state index contributed by atoms with van der Waals surface area (Å²) in [7, 11) is 0. The summed E-state index contributed by atoms with van der Waals surface area (Å²) < 4.78 is 27.2. The molecule has 0 saturated carbocycles. The highest BCUT2D eigenvalue weighted by Crippen LogP contribution is 2.21. The Labute approximate surface area is 104 Å². The predicted molar refractivity (Wildman–Crippen MR) is 62.6 cm³/mol. The zero-order chi connectivity index (χ0) is 13.1. The molecule has 0 aliphatic carbocycles. The second-order valence-corrected chi connectivity index (χ2v) is 4.65. The molecule has 0 radical (unpaired) electrons. The standard InChI is InChI=1S/C13H15F2NO2/c14-11-6-10(13(17)18)12(15)5-9(11)4-8-2-1-3-16-7-8/h5-6,8,16H,1-4,7H2,(H,17,18). The molecule has 2 N–H and O–H groups in total. The van der Waals surface area contributed by atoms with E-state index in [0.717, 1.165) is 38.1 Å². The molecule has 1 unspecified atom stereocenters. The van der Waals surface area contributed by atoms with Crippen molar-refractivity contribution >= 4 is 5.97 Å². The van der Waals surface area contributed by atoms with E-state index in [1.165, 1.54) is 0 Å². The molecule has 1 saturated heterocycles. The second-order valence-electron chi connectivity index (χ2n) is 4.65. The lowest BCUT2D eigenvalue weighted by Gasteiger charge is -2.23. The molecule has 1 aromatic rings. The number of hydrogen-bond acceptors (Lipinski definition) is 2. The van der Waals surface area contributed by atoms with Gasteiger partial charge in [-0.2, -0.15) is 0 Å². The van der Waals surface area contributed by atoms with E-state index in [4.69, 9.17) is 5.11 Å². The van der Waals surface area contributed by atoms with Crippen molar-refractivity contribution in [2.45, 2.75) is 19.3 Å². The zero-order valence-electron chi connectivity index (χ0n) is 9.88. The first kappa shape index (κ1) is 13.0. The van der Waals surface area contributed by atoms with Crippen molar-refractivity contribution in [3.05, 3.63) is 34.9 Å². The van der Waals surface area contributed by atoms with E-state index in [-0.39, 0.29) is 11.5 Å². The van der Waals surface area contributed by atoms with Gasteiger partial charge in [0.15, 0.2) is 0 Å². The number of nitrogens with one attached hydrogen (secondary N) is 1. The molecule has 0 aromatic heterocycles. The van der Waals surface area contributed by atoms with Gasteiger partial charge in [0.2, 0.25) is 0 Å². The van der Waals surface area contributed by atoms with Crippen LogP contribution in [0.15, 0.2) is 12.1 Å². The van der Waals surface area contributed by atoms with Crippen LogP contribution in [0.3, 0.4) is 0 Å². The summed E-state index contributed by atoms with van der Waals surface area (Å²) in [6, 6.07) is 1.77. The van der Waals surface area contributed by atoms with E-state index in [0.29, 0.717) is 6.42 Å². The van der Waals surface area contributed by atoms with Gasteiger partial charge in [0.25, 0.3) is 0 Å². The lowest BCUT2D eigenvalue weighted by atomic mass is 9.91. The Morgan fingerprint density at radius 1 is 1.39 bits per heavy atom. The third-order valence-electron chi connectivity index (χ3n) is 3.27. The zero-order valence-corrected chi connectivity index (χ0v) is 9.88. The molecule has 1 fully saturated rings. The molecular formula is C13H15F2NO2. The maximum absolute atomic E-state index is 13.7. The largest absolute Gasteiger partial charge is 0.478 e. The molecule has 0 amide bonds. The smallest absolute Gasteiger partial charge is 0.338 e. The number of carbonyl (C=O) groups is 1.